The van der Waals surface area contributed by atoms with Crippen molar-refractivity contribution in [3.8, 4) is 0 Å². The number of aliphatic hydroxyl groups excluding tert-OH is 1. The molecule has 0 fully saturated rings. The minimum Gasteiger partial charge on any atom is -0.396 e. The van der Waals surface area contributed by atoms with E-state index in [0.29, 0.717) is 12.5 Å². The summed E-state index contributed by atoms with van der Waals surface area (Å²) < 4.78 is 0. The van der Waals surface area contributed by atoms with Gasteiger partial charge in [0.25, 0.3) is 0 Å². The van der Waals surface area contributed by atoms with E-state index in [1.807, 2.05) is 0 Å². The van der Waals surface area contributed by atoms with Gasteiger partial charge in [-0.1, -0.05) is 82.7 Å². The first-order valence-electron chi connectivity index (χ1n) is 8.93. The highest BCUT2D eigenvalue weighted by atomic mass is 16.3. The van der Waals surface area contributed by atoms with Gasteiger partial charge >= 0.3 is 0 Å². The average molecular weight is 290 g/mol. The first kappa shape index (κ1) is 18.2. The Morgan fingerprint density at radius 2 is 1.43 bits per heavy atom. The van der Waals surface area contributed by atoms with Crippen molar-refractivity contribution in [3.05, 3.63) is 35.9 Å². The number of hydrogen-bond acceptors (Lipinski definition) is 1. The monoisotopic (exact) mass is 290 g/mol. The molecule has 0 saturated heterocycles. The summed E-state index contributed by atoms with van der Waals surface area (Å²) >= 11 is 0. The first-order valence-corrected chi connectivity index (χ1v) is 8.93. The third-order valence-electron chi connectivity index (χ3n) is 4.57. The van der Waals surface area contributed by atoms with E-state index in [9.17, 15) is 0 Å². The lowest BCUT2D eigenvalue weighted by Crippen LogP contribution is -1.99. The van der Waals surface area contributed by atoms with Gasteiger partial charge in [0.15, 0.2) is 0 Å². The van der Waals surface area contributed by atoms with Gasteiger partial charge in [-0.05, 0) is 36.7 Å². The van der Waals surface area contributed by atoms with Crippen molar-refractivity contribution in [1.29, 1.82) is 0 Å². The van der Waals surface area contributed by atoms with Crippen LogP contribution in [0.1, 0.15) is 83.1 Å². The molecule has 120 valence electrons. The Kier molecular flexibility index (Phi) is 10.2. The summed E-state index contributed by atoms with van der Waals surface area (Å²) in [6.07, 6.45) is 11.9. The molecule has 0 amide bonds. The first-order chi connectivity index (χ1) is 10.3. The van der Waals surface area contributed by atoms with Gasteiger partial charge in [-0.15, -0.1) is 0 Å². The predicted molar refractivity (Wildman–Crippen MR) is 92.7 cm³/mol. The number of aliphatic hydroxyl groups is 1. The van der Waals surface area contributed by atoms with Gasteiger partial charge in [0.1, 0.15) is 0 Å². The molecule has 2 unspecified atom stereocenters. The van der Waals surface area contributed by atoms with Crippen LogP contribution < -0.4 is 0 Å². The van der Waals surface area contributed by atoms with Gasteiger partial charge in [-0.25, -0.2) is 0 Å². The van der Waals surface area contributed by atoms with Gasteiger partial charge in [0, 0.05) is 6.61 Å². The average Bonchev–Trinajstić information content (AvgIpc) is 2.54. The van der Waals surface area contributed by atoms with E-state index in [0.717, 1.165) is 5.92 Å². The van der Waals surface area contributed by atoms with Crippen molar-refractivity contribution in [2.45, 2.75) is 77.6 Å². The highest BCUT2D eigenvalue weighted by Gasteiger charge is 2.08. The van der Waals surface area contributed by atoms with Crippen LogP contribution in [0.25, 0.3) is 0 Å². The maximum absolute atomic E-state index is 8.98. The Labute approximate surface area is 131 Å². The zero-order valence-electron chi connectivity index (χ0n) is 14.1. The molecule has 0 aromatic heterocycles. The zero-order chi connectivity index (χ0) is 15.3. The number of unbranched alkanes of at least 4 members (excludes halogenated alkanes) is 5. The van der Waals surface area contributed by atoms with E-state index in [2.05, 4.69) is 44.2 Å². The Morgan fingerprint density at radius 1 is 0.857 bits per heavy atom. The molecule has 1 nitrogen and oxygen atoms in total. The van der Waals surface area contributed by atoms with Crippen LogP contribution in [0.15, 0.2) is 30.3 Å². The topological polar surface area (TPSA) is 20.2 Å². The quantitative estimate of drug-likeness (QED) is 0.473. The molecule has 0 heterocycles. The predicted octanol–water partition coefficient (Wildman–Crippen LogP) is 5.93. The Balaban J connectivity index is 2.03. The molecule has 0 bridgehead atoms. The standard InChI is InChI=1S/C20H34O/c1-3-19(20-15-11-8-12-16-20)14-10-7-5-4-6-9-13-18(2)17-21/h8,11-12,15-16,18-19,21H,3-7,9-10,13-14,17H2,1-2H3. The van der Waals surface area contributed by atoms with Crippen molar-refractivity contribution in [3.63, 3.8) is 0 Å². The summed E-state index contributed by atoms with van der Waals surface area (Å²) in [6, 6.07) is 11.0. The molecule has 2 atom stereocenters. The molecule has 0 aliphatic heterocycles. The largest absolute Gasteiger partial charge is 0.396 e. The van der Waals surface area contributed by atoms with Crippen LogP contribution in [0.4, 0.5) is 0 Å². The lowest BCUT2D eigenvalue weighted by atomic mass is 9.91. The fourth-order valence-corrected chi connectivity index (χ4v) is 3.01. The summed E-state index contributed by atoms with van der Waals surface area (Å²) in [7, 11) is 0. The second kappa shape index (κ2) is 11.8. The normalized spacial score (nSPS) is 14.0. The van der Waals surface area contributed by atoms with Crippen LogP contribution in [-0.2, 0) is 0 Å². The lowest BCUT2D eigenvalue weighted by Gasteiger charge is -2.15. The van der Waals surface area contributed by atoms with Crippen LogP contribution in [-0.4, -0.2) is 11.7 Å². The van der Waals surface area contributed by atoms with Gasteiger partial charge in [-0.2, -0.15) is 0 Å². The molecule has 1 heteroatoms. The summed E-state index contributed by atoms with van der Waals surface area (Å²) in [5, 5.41) is 8.98. The summed E-state index contributed by atoms with van der Waals surface area (Å²) in [4.78, 5) is 0. The second-order valence-electron chi connectivity index (χ2n) is 6.50. The van der Waals surface area contributed by atoms with Crippen molar-refractivity contribution in [2.24, 2.45) is 5.92 Å². The van der Waals surface area contributed by atoms with E-state index in [1.165, 1.54) is 63.4 Å². The molecule has 0 radical (unpaired) electrons. The Morgan fingerprint density at radius 3 is 2.00 bits per heavy atom. The highest BCUT2D eigenvalue weighted by Crippen LogP contribution is 2.25. The summed E-state index contributed by atoms with van der Waals surface area (Å²) in [5.41, 5.74) is 1.51. The van der Waals surface area contributed by atoms with Crippen molar-refractivity contribution < 1.29 is 5.11 Å². The number of rotatable bonds is 12. The molecule has 0 aliphatic carbocycles. The highest BCUT2D eigenvalue weighted by molar-refractivity contribution is 5.19. The molecular formula is C20H34O. The Bertz CT molecular complexity index is 333. The zero-order valence-corrected chi connectivity index (χ0v) is 14.1. The van der Waals surface area contributed by atoms with Crippen LogP contribution in [0.5, 0.6) is 0 Å². The number of benzene rings is 1. The van der Waals surface area contributed by atoms with E-state index >= 15 is 0 Å². The minimum absolute atomic E-state index is 0.345. The molecule has 1 rings (SSSR count). The van der Waals surface area contributed by atoms with Gasteiger partial charge in [0.2, 0.25) is 0 Å². The minimum atomic E-state index is 0.345. The molecule has 1 aromatic carbocycles. The number of hydrogen-bond donors (Lipinski definition) is 1. The van der Waals surface area contributed by atoms with Crippen LogP contribution in [0.3, 0.4) is 0 Å². The van der Waals surface area contributed by atoms with E-state index in [1.54, 1.807) is 0 Å². The smallest absolute Gasteiger partial charge is 0.0456 e. The summed E-state index contributed by atoms with van der Waals surface area (Å²) in [6.45, 7) is 4.78. The molecule has 21 heavy (non-hydrogen) atoms. The maximum Gasteiger partial charge on any atom is 0.0456 e. The molecule has 0 spiro atoms. The van der Waals surface area contributed by atoms with E-state index in [-0.39, 0.29) is 0 Å². The van der Waals surface area contributed by atoms with Gasteiger partial charge in [-0.3, -0.25) is 0 Å². The van der Waals surface area contributed by atoms with Crippen LogP contribution in [0, 0.1) is 5.92 Å². The van der Waals surface area contributed by atoms with Crippen LogP contribution in [0.2, 0.25) is 0 Å². The van der Waals surface area contributed by atoms with Crippen molar-refractivity contribution >= 4 is 0 Å². The molecule has 1 N–H and O–H groups in total. The molecule has 0 saturated carbocycles. The van der Waals surface area contributed by atoms with E-state index in [4.69, 9.17) is 5.11 Å². The summed E-state index contributed by atoms with van der Waals surface area (Å²) in [5.74, 6) is 1.23. The van der Waals surface area contributed by atoms with Gasteiger partial charge in [0.05, 0.1) is 0 Å². The lowest BCUT2D eigenvalue weighted by molar-refractivity contribution is 0.227. The Hall–Kier alpha value is -0.820. The second-order valence-corrected chi connectivity index (χ2v) is 6.50. The van der Waals surface area contributed by atoms with E-state index < -0.39 is 0 Å². The van der Waals surface area contributed by atoms with Crippen molar-refractivity contribution in [2.75, 3.05) is 6.61 Å². The fraction of sp³-hybridized carbons (Fsp3) is 0.700. The SMILES string of the molecule is CCC(CCCCCCCCC(C)CO)c1ccccc1. The molecular weight excluding hydrogens is 256 g/mol. The molecule has 1 aromatic rings. The maximum atomic E-state index is 8.98. The molecule has 0 aliphatic rings. The van der Waals surface area contributed by atoms with Crippen molar-refractivity contribution in [1.82, 2.24) is 0 Å². The van der Waals surface area contributed by atoms with Gasteiger partial charge < -0.3 is 5.11 Å². The third-order valence-corrected chi connectivity index (χ3v) is 4.57. The third kappa shape index (κ3) is 8.26. The van der Waals surface area contributed by atoms with Crippen LogP contribution >= 0.6 is 0 Å². The fourth-order valence-electron chi connectivity index (χ4n) is 3.01.